The summed E-state index contributed by atoms with van der Waals surface area (Å²) in [6, 6.07) is 1.77. The molecule has 0 unspecified atom stereocenters. The number of carbonyl (C=O) groups excluding carboxylic acids is 1. The Hall–Kier alpha value is -2.20. The molecule has 1 aromatic rings. The molecule has 0 spiro atoms. The molecule has 0 radical (unpaired) electrons. The molecule has 0 aliphatic heterocycles. The quantitative estimate of drug-likeness (QED) is 0.465. The Labute approximate surface area is 120 Å². The molecule has 0 saturated heterocycles. The van der Waals surface area contributed by atoms with Gasteiger partial charge in [-0.05, 0) is 12.5 Å². The number of primary sulfonamides is 1. The van der Waals surface area contributed by atoms with E-state index in [9.17, 15) is 23.3 Å². The second-order valence-corrected chi connectivity index (χ2v) is 5.49. The van der Waals surface area contributed by atoms with Gasteiger partial charge in [0.15, 0.2) is 0 Å². The zero-order valence-electron chi connectivity index (χ0n) is 11.4. The number of nitrogens with zero attached hydrogens (tertiary/aromatic N) is 1. The Balaban J connectivity index is 3.53. The van der Waals surface area contributed by atoms with Gasteiger partial charge >= 0.3 is 11.7 Å². The number of hydrogen-bond acceptors (Lipinski definition) is 7. The third kappa shape index (κ3) is 3.89. The Kier molecular flexibility index (Phi) is 5.22. The average molecular weight is 318 g/mol. The van der Waals surface area contributed by atoms with Crippen LogP contribution in [0, 0.1) is 10.1 Å². The van der Waals surface area contributed by atoms with Crippen LogP contribution in [-0.4, -0.2) is 33.0 Å². The number of ether oxygens (including phenoxy) is 2. The number of carbonyl (C=O) groups is 1. The van der Waals surface area contributed by atoms with E-state index in [0.29, 0.717) is 6.42 Å². The van der Waals surface area contributed by atoms with Crippen molar-refractivity contribution < 1.29 is 27.6 Å². The molecule has 0 aromatic heterocycles. The first-order valence-corrected chi connectivity index (χ1v) is 7.33. The lowest BCUT2D eigenvalue weighted by atomic mass is 10.2. The van der Waals surface area contributed by atoms with Crippen molar-refractivity contribution in [3.8, 4) is 5.75 Å². The van der Waals surface area contributed by atoms with Crippen LogP contribution >= 0.6 is 0 Å². The summed E-state index contributed by atoms with van der Waals surface area (Å²) >= 11 is 0. The summed E-state index contributed by atoms with van der Waals surface area (Å²) in [4.78, 5) is 21.2. The van der Waals surface area contributed by atoms with E-state index in [1.165, 1.54) is 0 Å². The zero-order chi connectivity index (χ0) is 16.2. The van der Waals surface area contributed by atoms with E-state index in [1.807, 2.05) is 0 Å². The van der Waals surface area contributed by atoms with E-state index >= 15 is 0 Å². The Morgan fingerprint density at radius 2 is 2.05 bits per heavy atom. The molecule has 1 aromatic carbocycles. The summed E-state index contributed by atoms with van der Waals surface area (Å²) in [5.41, 5.74) is -0.979. The Bertz CT molecular complexity index is 669. The predicted octanol–water partition coefficient (Wildman–Crippen LogP) is 0.818. The highest BCUT2D eigenvalue weighted by Crippen LogP contribution is 2.35. The van der Waals surface area contributed by atoms with Crippen LogP contribution in [0.4, 0.5) is 5.69 Å². The van der Waals surface area contributed by atoms with Crippen molar-refractivity contribution in [2.75, 3.05) is 13.7 Å². The second-order valence-electron chi connectivity index (χ2n) is 3.96. The number of benzene rings is 1. The van der Waals surface area contributed by atoms with Gasteiger partial charge in [-0.1, -0.05) is 6.92 Å². The molecule has 0 aliphatic carbocycles. The maximum Gasteiger partial charge on any atom is 0.338 e. The summed E-state index contributed by atoms with van der Waals surface area (Å²) < 4.78 is 32.5. The standard InChI is InChI=1S/C11H14N2O7S/c1-3-4-20-11(14)7-5-8(13(15)16)10(19-2)9(6-7)21(12,17)18/h5-6H,3-4H2,1-2H3,(H2,12,17,18). The third-order valence-electron chi connectivity index (χ3n) is 2.42. The Morgan fingerprint density at radius 3 is 2.48 bits per heavy atom. The lowest BCUT2D eigenvalue weighted by Gasteiger charge is -2.10. The van der Waals surface area contributed by atoms with Crippen molar-refractivity contribution in [3.05, 3.63) is 27.8 Å². The maximum atomic E-state index is 11.7. The molecule has 116 valence electrons. The van der Waals surface area contributed by atoms with Gasteiger partial charge in [-0.2, -0.15) is 0 Å². The van der Waals surface area contributed by atoms with Crippen LogP contribution in [0.3, 0.4) is 0 Å². The normalized spacial score (nSPS) is 11.0. The molecule has 2 N–H and O–H groups in total. The highest BCUT2D eigenvalue weighted by Gasteiger charge is 2.28. The van der Waals surface area contributed by atoms with Crippen molar-refractivity contribution in [1.82, 2.24) is 0 Å². The minimum atomic E-state index is -4.32. The van der Waals surface area contributed by atoms with Crippen LogP contribution < -0.4 is 9.88 Å². The fraction of sp³-hybridized carbons (Fsp3) is 0.364. The summed E-state index contributed by atoms with van der Waals surface area (Å²) in [6.07, 6.45) is 0.548. The van der Waals surface area contributed by atoms with Crippen LogP contribution in [0.15, 0.2) is 17.0 Å². The van der Waals surface area contributed by atoms with Crippen LogP contribution in [0.1, 0.15) is 23.7 Å². The summed E-state index contributed by atoms with van der Waals surface area (Å²) in [6.45, 7) is 1.86. The highest BCUT2D eigenvalue weighted by molar-refractivity contribution is 7.89. The van der Waals surface area contributed by atoms with E-state index in [1.54, 1.807) is 6.92 Å². The molecule has 0 atom stereocenters. The number of sulfonamides is 1. The number of esters is 1. The largest absolute Gasteiger partial charge is 0.489 e. The lowest BCUT2D eigenvalue weighted by molar-refractivity contribution is -0.386. The molecule has 0 saturated carbocycles. The number of rotatable bonds is 6. The third-order valence-corrected chi connectivity index (χ3v) is 3.33. The van der Waals surface area contributed by atoms with Gasteiger partial charge in [-0.15, -0.1) is 0 Å². The minimum absolute atomic E-state index is 0.101. The van der Waals surface area contributed by atoms with E-state index < -0.39 is 37.2 Å². The first-order valence-electron chi connectivity index (χ1n) is 5.78. The molecule has 9 nitrogen and oxygen atoms in total. The van der Waals surface area contributed by atoms with Crippen LogP contribution in [0.2, 0.25) is 0 Å². The number of nitro groups is 1. The molecule has 21 heavy (non-hydrogen) atoms. The van der Waals surface area contributed by atoms with E-state index in [-0.39, 0.29) is 12.2 Å². The average Bonchev–Trinajstić information content (AvgIpc) is 2.41. The Morgan fingerprint density at radius 1 is 1.43 bits per heavy atom. The minimum Gasteiger partial charge on any atom is -0.489 e. The smallest absolute Gasteiger partial charge is 0.338 e. The van der Waals surface area contributed by atoms with E-state index in [4.69, 9.17) is 14.6 Å². The van der Waals surface area contributed by atoms with Gasteiger partial charge in [-0.25, -0.2) is 18.4 Å². The maximum absolute atomic E-state index is 11.7. The van der Waals surface area contributed by atoms with Gasteiger partial charge in [-0.3, -0.25) is 10.1 Å². The molecule has 10 heteroatoms. The molecule has 0 aliphatic rings. The van der Waals surface area contributed by atoms with Gasteiger partial charge in [0, 0.05) is 6.07 Å². The van der Waals surface area contributed by atoms with Crippen molar-refractivity contribution in [2.45, 2.75) is 18.2 Å². The van der Waals surface area contributed by atoms with E-state index in [2.05, 4.69) is 0 Å². The van der Waals surface area contributed by atoms with Gasteiger partial charge in [0.05, 0.1) is 24.2 Å². The second kappa shape index (κ2) is 6.50. The zero-order valence-corrected chi connectivity index (χ0v) is 12.2. The number of nitrogens with two attached hydrogens (primary N) is 1. The van der Waals surface area contributed by atoms with Gasteiger partial charge < -0.3 is 9.47 Å². The van der Waals surface area contributed by atoms with Crippen molar-refractivity contribution >= 4 is 21.7 Å². The molecule has 0 bridgehead atoms. The predicted molar refractivity (Wildman–Crippen MR) is 71.6 cm³/mol. The first kappa shape index (κ1) is 16.9. The van der Waals surface area contributed by atoms with Crippen LogP contribution in [-0.2, 0) is 14.8 Å². The van der Waals surface area contributed by atoms with Gasteiger partial charge in [0.2, 0.25) is 15.8 Å². The number of hydrogen-bond donors (Lipinski definition) is 1. The van der Waals surface area contributed by atoms with Gasteiger partial charge in [0.1, 0.15) is 4.90 Å². The lowest BCUT2D eigenvalue weighted by Crippen LogP contribution is -2.16. The van der Waals surface area contributed by atoms with Crippen molar-refractivity contribution in [2.24, 2.45) is 5.14 Å². The van der Waals surface area contributed by atoms with Crippen molar-refractivity contribution in [1.29, 1.82) is 0 Å². The first-order chi connectivity index (χ1) is 9.72. The summed E-state index contributed by atoms with van der Waals surface area (Å²) in [7, 11) is -3.25. The van der Waals surface area contributed by atoms with Crippen LogP contribution in [0.5, 0.6) is 5.75 Å². The highest BCUT2D eigenvalue weighted by atomic mass is 32.2. The molecular formula is C11H14N2O7S. The number of methoxy groups -OCH3 is 1. The molecule has 1 rings (SSSR count). The van der Waals surface area contributed by atoms with Crippen molar-refractivity contribution in [3.63, 3.8) is 0 Å². The fourth-order valence-corrected chi connectivity index (χ4v) is 2.27. The topological polar surface area (TPSA) is 139 Å². The van der Waals surface area contributed by atoms with E-state index in [0.717, 1.165) is 19.2 Å². The summed E-state index contributed by atoms with van der Waals surface area (Å²) in [5.74, 6) is -1.41. The van der Waals surface area contributed by atoms with Crippen LogP contribution in [0.25, 0.3) is 0 Å². The molecule has 0 fully saturated rings. The SMILES string of the molecule is CCCOC(=O)c1cc([N+](=O)[O-])c(OC)c(S(N)(=O)=O)c1. The fourth-order valence-electron chi connectivity index (χ4n) is 1.54. The van der Waals surface area contributed by atoms with Gasteiger partial charge in [0.25, 0.3) is 0 Å². The molecule has 0 amide bonds. The number of nitro benzene ring substituents is 1. The molecule has 0 heterocycles. The monoisotopic (exact) mass is 318 g/mol. The molecular weight excluding hydrogens is 304 g/mol. The summed E-state index contributed by atoms with van der Waals surface area (Å²) in [5, 5.41) is 16.0.